The van der Waals surface area contributed by atoms with Crippen molar-refractivity contribution < 1.29 is 19.1 Å². The smallest absolute Gasteiger partial charge is 0.272 e. The van der Waals surface area contributed by atoms with Crippen LogP contribution in [-0.4, -0.2) is 29.8 Å². The van der Waals surface area contributed by atoms with Crippen LogP contribution in [0, 0.1) is 0 Å². The summed E-state index contributed by atoms with van der Waals surface area (Å²) in [5.74, 6) is -0.635. The molecule has 0 radical (unpaired) electrons. The number of anilines is 2. The Morgan fingerprint density at radius 1 is 0.808 bits per heavy atom. The minimum absolute atomic E-state index is 0.0692. The first kappa shape index (κ1) is 36.4. The molecule has 0 saturated heterocycles. The molecule has 0 aliphatic heterocycles. The number of hydrogen-bond donors (Lipinski definition) is 3. The summed E-state index contributed by atoms with van der Waals surface area (Å²) in [7, 11) is 1.61. The highest BCUT2D eigenvalue weighted by molar-refractivity contribution is 8.00. The van der Waals surface area contributed by atoms with Gasteiger partial charge in [-0.05, 0) is 66.2 Å². The molecule has 52 heavy (non-hydrogen) atoms. The standard InChI is InChI=1S/C40H30Cl2N4O4S2/c1-50-29-17-8-15-27(21-29)35-24-51-40(45-35)46-39(49)36(25-11-4-2-5-12-25)52-30-18-9-16-28(22-30)43-38(48)34(23-31-32(41)19-10-20-33(31)42)44-37(47)26-13-6-3-7-14-26/h2-24,36H,1H3,(H,43,48)(H,44,47)(H,45,46,49)/b34-23+. The number of carbonyl (C=O) groups is 3. The van der Waals surface area contributed by atoms with Gasteiger partial charge in [0.15, 0.2) is 5.13 Å². The first-order valence-corrected chi connectivity index (χ1v) is 18.3. The van der Waals surface area contributed by atoms with Crippen molar-refractivity contribution in [1.82, 2.24) is 10.3 Å². The SMILES string of the molecule is COc1cccc(-c2csc(NC(=O)C(Sc3cccc(NC(=O)/C(=C\c4c(Cl)cccc4Cl)NC(=O)c4ccccc4)c3)c3ccccc3)n2)c1. The van der Waals surface area contributed by atoms with Crippen LogP contribution >= 0.6 is 46.3 Å². The summed E-state index contributed by atoms with van der Waals surface area (Å²) in [4.78, 5) is 46.1. The molecule has 12 heteroatoms. The van der Waals surface area contributed by atoms with Crippen molar-refractivity contribution in [3.05, 3.63) is 165 Å². The predicted molar refractivity (Wildman–Crippen MR) is 211 cm³/mol. The Bertz CT molecular complexity index is 2230. The van der Waals surface area contributed by atoms with Gasteiger partial charge in [-0.15, -0.1) is 23.1 Å². The van der Waals surface area contributed by atoms with Gasteiger partial charge in [0.1, 0.15) is 16.7 Å². The highest BCUT2D eigenvalue weighted by Crippen LogP contribution is 2.38. The third kappa shape index (κ3) is 9.28. The molecule has 6 rings (SSSR count). The van der Waals surface area contributed by atoms with E-state index in [1.807, 2.05) is 66.0 Å². The second kappa shape index (κ2) is 17.2. The van der Waals surface area contributed by atoms with Crippen LogP contribution in [0.2, 0.25) is 10.0 Å². The van der Waals surface area contributed by atoms with Gasteiger partial charge >= 0.3 is 0 Å². The van der Waals surface area contributed by atoms with E-state index in [-0.39, 0.29) is 11.6 Å². The molecule has 0 bridgehead atoms. The van der Waals surface area contributed by atoms with E-state index >= 15 is 0 Å². The molecule has 5 aromatic carbocycles. The number of thiazole rings is 1. The number of nitrogens with zero attached hydrogens (tertiary/aromatic N) is 1. The van der Waals surface area contributed by atoms with Crippen LogP contribution in [0.1, 0.15) is 26.7 Å². The Hall–Kier alpha value is -5.39. The van der Waals surface area contributed by atoms with E-state index in [4.69, 9.17) is 27.9 Å². The lowest BCUT2D eigenvalue weighted by Gasteiger charge is -2.17. The van der Waals surface area contributed by atoms with Crippen molar-refractivity contribution >= 4 is 80.9 Å². The van der Waals surface area contributed by atoms with Crippen LogP contribution < -0.4 is 20.7 Å². The van der Waals surface area contributed by atoms with E-state index in [2.05, 4.69) is 20.9 Å². The normalized spacial score (nSPS) is 11.7. The number of amides is 3. The zero-order valence-corrected chi connectivity index (χ0v) is 30.7. The molecule has 3 N–H and O–H groups in total. The molecule has 8 nitrogen and oxygen atoms in total. The Morgan fingerprint density at radius 2 is 1.50 bits per heavy atom. The molecular weight excluding hydrogens is 736 g/mol. The number of carbonyl (C=O) groups excluding carboxylic acids is 3. The van der Waals surface area contributed by atoms with Crippen LogP contribution in [0.5, 0.6) is 5.75 Å². The fourth-order valence-corrected chi connectivity index (χ4v) is 7.35. The van der Waals surface area contributed by atoms with E-state index in [9.17, 15) is 14.4 Å². The van der Waals surface area contributed by atoms with Crippen LogP contribution in [0.4, 0.5) is 10.8 Å². The van der Waals surface area contributed by atoms with Gasteiger partial charge in [0.05, 0.1) is 12.8 Å². The maximum atomic E-state index is 13.8. The summed E-state index contributed by atoms with van der Waals surface area (Å²) >= 11 is 15.5. The fraction of sp³-hybridized carbons (Fsp3) is 0.0500. The molecular formula is C40H30Cl2N4O4S2. The molecule has 1 heterocycles. The molecule has 1 aromatic heterocycles. The Balaban J connectivity index is 1.22. The molecule has 1 unspecified atom stereocenters. The molecule has 0 aliphatic rings. The molecule has 260 valence electrons. The molecule has 1 atom stereocenters. The van der Waals surface area contributed by atoms with Crippen molar-refractivity contribution in [2.75, 3.05) is 17.7 Å². The topological polar surface area (TPSA) is 109 Å². The molecule has 0 saturated carbocycles. The number of nitrogens with one attached hydrogen (secondary N) is 3. The quantitative estimate of drug-likeness (QED) is 0.0846. The maximum Gasteiger partial charge on any atom is 0.272 e. The van der Waals surface area contributed by atoms with Crippen LogP contribution in [0.15, 0.2) is 143 Å². The van der Waals surface area contributed by atoms with Crippen molar-refractivity contribution in [2.24, 2.45) is 0 Å². The number of benzene rings is 5. The number of aromatic nitrogens is 1. The van der Waals surface area contributed by atoms with Gasteiger partial charge in [-0.1, -0.05) is 96.0 Å². The molecule has 3 amide bonds. The van der Waals surface area contributed by atoms with Gasteiger partial charge in [0.25, 0.3) is 11.8 Å². The second-order valence-corrected chi connectivity index (χ2v) is 14.0. The number of rotatable bonds is 12. The minimum atomic E-state index is -0.653. The fourth-order valence-electron chi connectivity index (χ4n) is 5.03. The predicted octanol–water partition coefficient (Wildman–Crippen LogP) is 10.0. The lowest BCUT2D eigenvalue weighted by Crippen LogP contribution is -2.30. The van der Waals surface area contributed by atoms with Gasteiger partial charge in [-0.2, -0.15) is 0 Å². The molecule has 0 spiro atoms. The number of ether oxygens (including phenoxy) is 1. The molecule has 0 fully saturated rings. The van der Waals surface area contributed by atoms with Crippen molar-refractivity contribution in [2.45, 2.75) is 10.1 Å². The van der Waals surface area contributed by atoms with E-state index in [1.165, 1.54) is 29.2 Å². The van der Waals surface area contributed by atoms with Gasteiger partial charge in [0, 0.05) is 42.7 Å². The zero-order chi connectivity index (χ0) is 36.5. The number of halogens is 2. The Labute approximate surface area is 318 Å². The van der Waals surface area contributed by atoms with Crippen molar-refractivity contribution in [3.8, 4) is 17.0 Å². The summed E-state index contributed by atoms with van der Waals surface area (Å²) in [6.07, 6.45) is 1.44. The summed E-state index contributed by atoms with van der Waals surface area (Å²) in [6.45, 7) is 0. The van der Waals surface area contributed by atoms with Gasteiger partial charge in [-0.25, -0.2) is 4.98 Å². The van der Waals surface area contributed by atoms with Crippen LogP contribution in [0.25, 0.3) is 17.3 Å². The number of methoxy groups -OCH3 is 1. The summed E-state index contributed by atoms with van der Waals surface area (Å²) in [5, 5.41) is 10.9. The van der Waals surface area contributed by atoms with Gasteiger partial charge in [0.2, 0.25) is 5.91 Å². The number of thioether (sulfide) groups is 1. The summed E-state index contributed by atoms with van der Waals surface area (Å²) in [6, 6.07) is 37.6. The first-order chi connectivity index (χ1) is 25.3. The average molecular weight is 766 g/mol. The Kier molecular flexibility index (Phi) is 12.1. The van der Waals surface area contributed by atoms with Crippen molar-refractivity contribution in [1.29, 1.82) is 0 Å². The minimum Gasteiger partial charge on any atom is -0.497 e. The van der Waals surface area contributed by atoms with Gasteiger partial charge in [-0.3, -0.25) is 14.4 Å². The maximum absolute atomic E-state index is 13.8. The second-order valence-electron chi connectivity index (χ2n) is 11.2. The summed E-state index contributed by atoms with van der Waals surface area (Å²) < 4.78 is 5.34. The van der Waals surface area contributed by atoms with E-state index in [0.29, 0.717) is 42.6 Å². The molecule has 0 aliphatic carbocycles. The largest absolute Gasteiger partial charge is 0.497 e. The van der Waals surface area contributed by atoms with E-state index in [1.54, 1.807) is 73.8 Å². The zero-order valence-electron chi connectivity index (χ0n) is 27.5. The summed E-state index contributed by atoms with van der Waals surface area (Å²) in [5.41, 5.74) is 3.49. The Morgan fingerprint density at radius 3 is 2.23 bits per heavy atom. The highest BCUT2D eigenvalue weighted by atomic mass is 35.5. The lowest BCUT2D eigenvalue weighted by molar-refractivity contribution is -0.116. The van der Waals surface area contributed by atoms with Crippen LogP contribution in [-0.2, 0) is 9.59 Å². The molecule has 6 aromatic rings. The van der Waals surface area contributed by atoms with Gasteiger partial charge < -0.3 is 20.7 Å². The highest BCUT2D eigenvalue weighted by Gasteiger charge is 2.24. The van der Waals surface area contributed by atoms with E-state index in [0.717, 1.165) is 16.8 Å². The monoisotopic (exact) mass is 764 g/mol. The first-order valence-electron chi connectivity index (χ1n) is 15.8. The van der Waals surface area contributed by atoms with Crippen molar-refractivity contribution in [3.63, 3.8) is 0 Å². The number of hydrogen-bond acceptors (Lipinski definition) is 7. The lowest BCUT2D eigenvalue weighted by atomic mass is 10.1. The third-order valence-electron chi connectivity index (χ3n) is 7.60. The average Bonchev–Trinajstić information content (AvgIpc) is 3.64. The van der Waals surface area contributed by atoms with E-state index < -0.39 is 17.1 Å². The third-order valence-corrected chi connectivity index (χ3v) is 10.3. The van der Waals surface area contributed by atoms with Crippen LogP contribution in [0.3, 0.4) is 0 Å².